The van der Waals surface area contributed by atoms with Gasteiger partial charge in [-0.3, -0.25) is 9.69 Å². The Morgan fingerprint density at radius 2 is 2.33 bits per heavy atom. The van der Waals surface area contributed by atoms with Crippen LogP contribution in [-0.2, 0) is 17.6 Å². The number of fused-ring (bicyclic) bond motifs is 1. The van der Waals surface area contributed by atoms with Crippen LogP contribution in [0.25, 0.3) is 0 Å². The molecular formula is C13H19N3OS. The lowest BCUT2D eigenvalue weighted by atomic mass is 10.0. The van der Waals surface area contributed by atoms with Gasteiger partial charge in [0.05, 0.1) is 12.2 Å². The molecule has 0 radical (unpaired) electrons. The van der Waals surface area contributed by atoms with E-state index in [4.69, 9.17) is 0 Å². The molecule has 0 unspecified atom stereocenters. The van der Waals surface area contributed by atoms with Crippen LogP contribution in [0.2, 0.25) is 0 Å². The summed E-state index contributed by atoms with van der Waals surface area (Å²) >= 11 is 1.66. The summed E-state index contributed by atoms with van der Waals surface area (Å²) in [6.45, 7) is 4.57. The number of carbonyl (C=O) groups excluding carboxylic acids is 1. The van der Waals surface area contributed by atoms with Crippen molar-refractivity contribution in [3.8, 4) is 0 Å². The minimum atomic E-state index is 0.0449. The second-order valence-electron chi connectivity index (χ2n) is 4.40. The number of amides is 1. The van der Waals surface area contributed by atoms with E-state index in [9.17, 15) is 4.79 Å². The summed E-state index contributed by atoms with van der Waals surface area (Å²) in [6.07, 6.45) is 6.35. The van der Waals surface area contributed by atoms with Gasteiger partial charge in [0.15, 0.2) is 5.13 Å². The SMILES string of the molecule is C=CCN(C(=O)CNC)c1nc2c(s1)CCCC2. The van der Waals surface area contributed by atoms with Gasteiger partial charge in [-0.15, -0.1) is 17.9 Å². The van der Waals surface area contributed by atoms with Crippen molar-refractivity contribution in [3.05, 3.63) is 23.2 Å². The zero-order valence-electron chi connectivity index (χ0n) is 10.7. The summed E-state index contributed by atoms with van der Waals surface area (Å²) in [5.74, 6) is 0.0449. The predicted octanol–water partition coefficient (Wildman–Crippen LogP) is 1.76. The molecule has 18 heavy (non-hydrogen) atoms. The molecule has 1 aliphatic carbocycles. The molecule has 0 saturated carbocycles. The number of carbonyl (C=O) groups is 1. The second-order valence-corrected chi connectivity index (χ2v) is 5.46. The summed E-state index contributed by atoms with van der Waals surface area (Å²) in [5, 5.41) is 3.71. The number of hydrogen-bond donors (Lipinski definition) is 1. The smallest absolute Gasteiger partial charge is 0.243 e. The van der Waals surface area contributed by atoms with Crippen LogP contribution < -0.4 is 10.2 Å². The van der Waals surface area contributed by atoms with Crippen molar-refractivity contribution >= 4 is 22.4 Å². The fourth-order valence-electron chi connectivity index (χ4n) is 2.12. The number of anilines is 1. The molecule has 0 aliphatic heterocycles. The lowest BCUT2D eigenvalue weighted by Crippen LogP contribution is -2.37. The fourth-order valence-corrected chi connectivity index (χ4v) is 3.29. The zero-order valence-corrected chi connectivity index (χ0v) is 11.6. The van der Waals surface area contributed by atoms with Gasteiger partial charge in [-0.2, -0.15) is 0 Å². The van der Waals surface area contributed by atoms with Crippen molar-refractivity contribution in [2.24, 2.45) is 0 Å². The van der Waals surface area contributed by atoms with Crippen LogP contribution in [0.1, 0.15) is 23.4 Å². The molecule has 0 aromatic carbocycles. The highest BCUT2D eigenvalue weighted by Gasteiger charge is 2.21. The molecule has 1 aromatic rings. The topological polar surface area (TPSA) is 45.2 Å². The maximum absolute atomic E-state index is 12.0. The average Bonchev–Trinajstić information content (AvgIpc) is 2.79. The Bertz CT molecular complexity index is 418. The number of rotatable bonds is 5. The number of aromatic nitrogens is 1. The van der Waals surface area contributed by atoms with Crippen LogP contribution >= 0.6 is 11.3 Å². The van der Waals surface area contributed by atoms with Crippen LogP contribution in [0.3, 0.4) is 0 Å². The molecule has 4 nitrogen and oxygen atoms in total. The van der Waals surface area contributed by atoms with Gasteiger partial charge in [-0.1, -0.05) is 6.08 Å². The monoisotopic (exact) mass is 265 g/mol. The van der Waals surface area contributed by atoms with Gasteiger partial charge < -0.3 is 5.32 Å². The maximum atomic E-state index is 12.0. The lowest BCUT2D eigenvalue weighted by Gasteiger charge is -2.17. The fraction of sp³-hybridized carbons (Fsp3) is 0.538. The van der Waals surface area contributed by atoms with Crippen molar-refractivity contribution < 1.29 is 4.79 Å². The van der Waals surface area contributed by atoms with Crippen LogP contribution in [0.15, 0.2) is 12.7 Å². The lowest BCUT2D eigenvalue weighted by molar-refractivity contribution is -0.117. The van der Waals surface area contributed by atoms with E-state index in [0.29, 0.717) is 13.1 Å². The van der Waals surface area contributed by atoms with E-state index in [1.165, 1.54) is 23.4 Å². The molecule has 5 heteroatoms. The molecule has 2 rings (SSSR count). The molecule has 98 valence electrons. The highest BCUT2D eigenvalue weighted by atomic mass is 32.1. The van der Waals surface area contributed by atoms with Crippen molar-refractivity contribution in [3.63, 3.8) is 0 Å². The molecule has 0 bridgehead atoms. The van der Waals surface area contributed by atoms with Gasteiger partial charge in [-0.05, 0) is 32.7 Å². The summed E-state index contributed by atoms with van der Waals surface area (Å²) in [4.78, 5) is 19.7. The Morgan fingerprint density at radius 1 is 1.56 bits per heavy atom. The van der Waals surface area contributed by atoms with Crippen LogP contribution in [0, 0.1) is 0 Å². The molecule has 1 aromatic heterocycles. The molecule has 1 aliphatic rings. The van der Waals surface area contributed by atoms with E-state index < -0.39 is 0 Å². The summed E-state index contributed by atoms with van der Waals surface area (Å²) in [6, 6.07) is 0. The summed E-state index contributed by atoms with van der Waals surface area (Å²) in [5.41, 5.74) is 1.19. The van der Waals surface area contributed by atoms with Gasteiger partial charge in [0.25, 0.3) is 0 Å². The first-order chi connectivity index (χ1) is 8.76. The normalized spacial score (nSPS) is 14.1. The zero-order chi connectivity index (χ0) is 13.0. The molecule has 1 heterocycles. The van der Waals surface area contributed by atoms with Crippen LogP contribution in [0.4, 0.5) is 5.13 Å². The quantitative estimate of drug-likeness (QED) is 0.825. The van der Waals surface area contributed by atoms with Crippen molar-refractivity contribution in [1.29, 1.82) is 0 Å². The Morgan fingerprint density at radius 3 is 3.00 bits per heavy atom. The van der Waals surface area contributed by atoms with Crippen LogP contribution in [-0.4, -0.2) is 31.0 Å². The third kappa shape index (κ3) is 2.79. The maximum Gasteiger partial charge on any atom is 0.243 e. The molecule has 0 atom stereocenters. The van der Waals surface area contributed by atoms with Gasteiger partial charge in [0.2, 0.25) is 5.91 Å². The van der Waals surface area contributed by atoms with E-state index in [1.807, 2.05) is 0 Å². The number of hydrogen-bond acceptors (Lipinski definition) is 4. The first kappa shape index (κ1) is 13.2. The average molecular weight is 265 g/mol. The molecular weight excluding hydrogens is 246 g/mol. The van der Waals surface area contributed by atoms with Crippen molar-refractivity contribution in [1.82, 2.24) is 10.3 Å². The van der Waals surface area contributed by atoms with E-state index in [0.717, 1.165) is 18.0 Å². The number of likely N-dealkylation sites (N-methyl/N-ethyl adjacent to an activating group) is 1. The molecule has 0 saturated heterocycles. The largest absolute Gasteiger partial charge is 0.311 e. The standard InChI is InChI=1S/C13H19N3OS/c1-3-8-16(12(17)9-14-2)13-15-10-6-4-5-7-11(10)18-13/h3,14H,1,4-9H2,2H3. The van der Waals surface area contributed by atoms with Crippen molar-refractivity contribution in [2.45, 2.75) is 25.7 Å². The Kier molecular flexibility index (Phi) is 4.49. The van der Waals surface area contributed by atoms with E-state index in [2.05, 4.69) is 16.9 Å². The highest BCUT2D eigenvalue weighted by molar-refractivity contribution is 7.16. The highest BCUT2D eigenvalue weighted by Crippen LogP contribution is 2.31. The molecule has 1 amide bonds. The summed E-state index contributed by atoms with van der Waals surface area (Å²) < 4.78 is 0. The van der Waals surface area contributed by atoms with Gasteiger partial charge in [-0.25, -0.2) is 4.98 Å². The third-order valence-electron chi connectivity index (χ3n) is 3.01. The van der Waals surface area contributed by atoms with Crippen LogP contribution in [0.5, 0.6) is 0 Å². The third-order valence-corrected chi connectivity index (χ3v) is 4.19. The molecule has 1 N–H and O–H groups in total. The minimum Gasteiger partial charge on any atom is -0.311 e. The number of nitrogens with zero attached hydrogens (tertiary/aromatic N) is 2. The predicted molar refractivity (Wildman–Crippen MR) is 75.2 cm³/mol. The summed E-state index contributed by atoms with van der Waals surface area (Å²) in [7, 11) is 1.77. The number of nitrogens with one attached hydrogen (secondary N) is 1. The first-order valence-corrected chi connectivity index (χ1v) is 7.12. The van der Waals surface area contributed by atoms with E-state index >= 15 is 0 Å². The number of aryl methyl sites for hydroxylation is 2. The Balaban J connectivity index is 2.21. The Labute approximate surface area is 112 Å². The Hall–Kier alpha value is -1.20. The van der Waals surface area contributed by atoms with Gasteiger partial charge in [0.1, 0.15) is 0 Å². The second kappa shape index (κ2) is 6.11. The van der Waals surface area contributed by atoms with E-state index in [1.54, 1.807) is 29.4 Å². The number of thiazole rings is 1. The van der Waals surface area contributed by atoms with Gasteiger partial charge >= 0.3 is 0 Å². The first-order valence-electron chi connectivity index (χ1n) is 6.30. The van der Waals surface area contributed by atoms with E-state index in [-0.39, 0.29) is 5.91 Å². The van der Waals surface area contributed by atoms with Crippen molar-refractivity contribution in [2.75, 3.05) is 25.0 Å². The van der Waals surface area contributed by atoms with Gasteiger partial charge in [0, 0.05) is 11.4 Å². The minimum absolute atomic E-state index is 0.0449. The molecule has 0 spiro atoms. The molecule has 0 fully saturated rings.